The number of hydrogen-bond acceptors (Lipinski definition) is 7. The van der Waals surface area contributed by atoms with E-state index in [0.29, 0.717) is 22.3 Å². The van der Waals surface area contributed by atoms with Gasteiger partial charge in [0.15, 0.2) is 6.23 Å². The second-order valence-corrected chi connectivity index (χ2v) is 9.30. The number of halogens is 1. The Balaban J connectivity index is 1.40. The third-order valence-corrected chi connectivity index (χ3v) is 6.25. The Kier molecular flexibility index (Phi) is 6.37. The van der Waals surface area contributed by atoms with Crippen LogP contribution in [0.2, 0.25) is 5.02 Å². The fourth-order valence-corrected chi connectivity index (χ4v) is 4.23. The molecule has 1 fully saturated rings. The minimum atomic E-state index is -1.02. The van der Waals surface area contributed by atoms with E-state index in [-0.39, 0.29) is 0 Å². The normalized spacial score (nSPS) is 16.2. The van der Waals surface area contributed by atoms with Crippen LogP contribution in [0.5, 0.6) is 0 Å². The van der Waals surface area contributed by atoms with Crippen LogP contribution in [0.25, 0.3) is 5.69 Å². The van der Waals surface area contributed by atoms with Gasteiger partial charge in [0.2, 0.25) is 0 Å². The zero-order valence-corrected chi connectivity index (χ0v) is 19.3. The number of anilines is 2. The van der Waals surface area contributed by atoms with E-state index in [1.54, 1.807) is 18.3 Å². The quantitative estimate of drug-likeness (QED) is 0.486. The largest absolute Gasteiger partial charge is 0.390 e. The summed E-state index contributed by atoms with van der Waals surface area (Å²) in [7, 11) is 0. The van der Waals surface area contributed by atoms with E-state index in [2.05, 4.69) is 25.4 Å². The molecule has 4 rings (SSSR count). The van der Waals surface area contributed by atoms with Crippen molar-refractivity contribution in [1.82, 2.24) is 20.0 Å². The van der Waals surface area contributed by atoms with Crippen molar-refractivity contribution >= 4 is 23.1 Å². The first-order chi connectivity index (χ1) is 15.2. The number of nitrogens with one attached hydrogen (secondary N) is 1. The summed E-state index contributed by atoms with van der Waals surface area (Å²) < 4.78 is 0. The van der Waals surface area contributed by atoms with Crippen LogP contribution in [0.1, 0.15) is 44.2 Å². The second-order valence-electron chi connectivity index (χ2n) is 8.86. The monoisotopic (exact) mass is 456 g/mol. The van der Waals surface area contributed by atoms with E-state index < -0.39 is 11.8 Å². The molecule has 1 aliphatic rings. The topological polar surface area (TPSA) is 99.3 Å². The molecular formula is C23H29ClN6O2. The molecule has 170 valence electrons. The summed E-state index contributed by atoms with van der Waals surface area (Å²) in [6.45, 7) is 7.52. The summed E-state index contributed by atoms with van der Waals surface area (Å²) >= 11 is 5.92. The maximum absolute atomic E-state index is 10.6. The molecule has 9 heteroatoms. The predicted molar refractivity (Wildman–Crippen MR) is 125 cm³/mol. The standard InChI is InChI=1S/C23H29ClN6O2/c1-15-12-18(13-25-21(15)29-10-8-16(9-11-29)23(2,3)32)27-22(31)20-14-26-30(28-20)19-6-4-17(24)5-7-19/h4-7,12-14,16,22,27,31-32H,8-11H2,1-3H3. The van der Waals surface area contributed by atoms with Gasteiger partial charge in [0.05, 0.1) is 29.4 Å². The molecule has 0 aliphatic carbocycles. The van der Waals surface area contributed by atoms with Gasteiger partial charge in [-0.05, 0) is 75.4 Å². The summed E-state index contributed by atoms with van der Waals surface area (Å²) in [6.07, 6.45) is 4.09. The van der Waals surface area contributed by atoms with Crippen molar-refractivity contribution in [2.75, 3.05) is 23.3 Å². The first kappa shape index (κ1) is 22.5. The van der Waals surface area contributed by atoms with Gasteiger partial charge in [0.1, 0.15) is 11.5 Å². The lowest BCUT2D eigenvalue weighted by molar-refractivity contribution is 0.00645. The number of aliphatic hydroxyl groups excluding tert-OH is 1. The lowest BCUT2D eigenvalue weighted by Gasteiger charge is -2.38. The van der Waals surface area contributed by atoms with Crippen LogP contribution in [0.4, 0.5) is 11.5 Å². The zero-order chi connectivity index (χ0) is 22.9. The first-order valence-electron chi connectivity index (χ1n) is 10.8. The van der Waals surface area contributed by atoms with Gasteiger partial charge >= 0.3 is 0 Å². The van der Waals surface area contributed by atoms with Crippen molar-refractivity contribution < 1.29 is 10.2 Å². The molecule has 1 aromatic carbocycles. The molecule has 3 N–H and O–H groups in total. The van der Waals surface area contributed by atoms with E-state index in [1.165, 1.54) is 11.0 Å². The molecule has 0 saturated carbocycles. The van der Waals surface area contributed by atoms with Crippen LogP contribution in [0, 0.1) is 12.8 Å². The summed E-state index contributed by atoms with van der Waals surface area (Å²) in [5.41, 5.74) is 2.23. The number of pyridine rings is 1. The molecule has 3 heterocycles. The fraction of sp³-hybridized carbons (Fsp3) is 0.435. The van der Waals surface area contributed by atoms with Crippen LogP contribution in [-0.4, -0.2) is 48.9 Å². The number of aryl methyl sites for hydroxylation is 1. The van der Waals surface area contributed by atoms with Crippen LogP contribution in [0.15, 0.2) is 42.7 Å². The summed E-state index contributed by atoms with van der Waals surface area (Å²) in [5.74, 6) is 1.24. The lowest BCUT2D eigenvalue weighted by Crippen LogP contribution is -2.42. The highest BCUT2D eigenvalue weighted by molar-refractivity contribution is 6.30. The zero-order valence-electron chi connectivity index (χ0n) is 18.5. The van der Waals surface area contributed by atoms with Crippen molar-refractivity contribution in [3.8, 4) is 5.69 Å². The van der Waals surface area contributed by atoms with E-state index in [0.717, 1.165) is 43.0 Å². The maximum Gasteiger partial charge on any atom is 0.171 e. The molecule has 0 radical (unpaired) electrons. The Morgan fingerprint density at radius 2 is 1.84 bits per heavy atom. The average molecular weight is 457 g/mol. The smallest absolute Gasteiger partial charge is 0.171 e. The van der Waals surface area contributed by atoms with Gasteiger partial charge in [0.25, 0.3) is 0 Å². The second kappa shape index (κ2) is 9.05. The van der Waals surface area contributed by atoms with Gasteiger partial charge in [-0.15, -0.1) is 5.10 Å². The van der Waals surface area contributed by atoms with Crippen LogP contribution < -0.4 is 10.2 Å². The summed E-state index contributed by atoms with van der Waals surface area (Å²) in [6, 6.07) is 9.11. The van der Waals surface area contributed by atoms with Crippen LogP contribution >= 0.6 is 11.6 Å². The average Bonchev–Trinajstić information content (AvgIpc) is 3.24. The number of rotatable bonds is 6. The number of aromatic nitrogens is 4. The molecule has 0 bridgehead atoms. The molecule has 32 heavy (non-hydrogen) atoms. The lowest BCUT2D eigenvalue weighted by atomic mass is 9.83. The molecule has 1 atom stereocenters. The third kappa shape index (κ3) is 5.03. The van der Waals surface area contributed by atoms with Gasteiger partial charge in [-0.3, -0.25) is 0 Å². The van der Waals surface area contributed by atoms with Crippen molar-refractivity contribution in [3.63, 3.8) is 0 Å². The van der Waals surface area contributed by atoms with Crippen LogP contribution in [-0.2, 0) is 0 Å². The Labute approximate surface area is 192 Å². The van der Waals surface area contributed by atoms with Gasteiger partial charge in [-0.1, -0.05) is 11.6 Å². The number of hydrogen-bond donors (Lipinski definition) is 3. The highest BCUT2D eigenvalue weighted by Gasteiger charge is 2.31. The van der Waals surface area contributed by atoms with Gasteiger partial charge in [0, 0.05) is 18.1 Å². The number of benzene rings is 1. The highest BCUT2D eigenvalue weighted by atomic mass is 35.5. The predicted octanol–water partition coefficient (Wildman–Crippen LogP) is 3.71. The van der Waals surface area contributed by atoms with Gasteiger partial charge in [-0.2, -0.15) is 9.90 Å². The van der Waals surface area contributed by atoms with Crippen molar-refractivity contribution in [3.05, 3.63) is 59.0 Å². The first-order valence-corrected chi connectivity index (χ1v) is 11.2. The van der Waals surface area contributed by atoms with E-state index in [4.69, 9.17) is 11.6 Å². The SMILES string of the molecule is Cc1cc(NC(O)c2cnn(-c3ccc(Cl)cc3)n2)cnc1N1CCC(C(C)(C)O)CC1. The minimum Gasteiger partial charge on any atom is -0.390 e. The van der Waals surface area contributed by atoms with Crippen molar-refractivity contribution in [2.24, 2.45) is 5.92 Å². The number of aliphatic hydroxyl groups is 2. The Morgan fingerprint density at radius 3 is 2.47 bits per heavy atom. The molecule has 8 nitrogen and oxygen atoms in total. The molecule has 1 aliphatic heterocycles. The fourth-order valence-electron chi connectivity index (χ4n) is 4.11. The molecule has 0 spiro atoms. The number of piperidine rings is 1. The summed E-state index contributed by atoms with van der Waals surface area (Å²) in [5, 5.41) is 33.1. The summed E-state index contributed by atoms with van der Waals surface area (Å²) in [4.78, 5) is 8.34. The molecule has 1 saturated heterocycles. The van der Waals surface area contributed by atoms with Gasteiger partial charge in [-0.25, -0.2) is 4.98 Å². The van der Waals surface area contributed by atoms with Crippen molar-refractivity contribution in [1.29, 1.82) is 0 Å². The number of nitrogens with zero attached hydrogens (tertiary/aromatic N) is 5. The molecule has 2 aromatic heterocycles. The third-order valence-electron chi connectivity index (χ3n) is 5.99. The maximum atomic E-state index is 10.6. The Hall–Kier alpha value is -2.68. The Morgan fingerprint density at radius 1 is 1.16 bits per heavy atom. The minimum absolute atomic E-state index is 0.302. The van der Waals surface area contributed by atoms with E-state index >= 15 is 0 Å². The van der Waals surface area contributed by atoms with Crippen LogP contribution in [0.3, 0.4) is 0 Å². The van der Waals surface area contributed by atoms with E-state index in [1.807, 2.05) is 39.0 Å². The molecule has 3 aromatic rings. The molecule has 0 amide bonds. The van der Waals surface area contributed by atoms with E-state index in [9.17, 15) is 10.2 Å². The molecule has 1 unspecified atom stereocenters. The molecular weight excluding hydrogens is 428 g/mol. The van der Waals surface area contributed by atoms with Gasteiger partial charge < -0.3 is 20.4 Å². The van der Waals surface area contributed by atoms with Crippen molar-refractivity contribution in [2.45, 2.75) is 45.4 Å². The highest BCUT2D eigenvalue weighted by Crippen LogP contribution is 2.31. The Bertz CT molecular complexity index is 1060.